The summed E-state index contributed by atoms with van der Waals surface area (Å²) in [7, 11) is 0. The Kier molecular flexibility index (Phi) is 5.42. The number of amides is 1. The average Bonchev–Trinajstić information content (AvgIpc) is 3.16. The summed E-state index contributed by atoms with van der Waals surface area (Å²) in [4.78, 5) is 22.5. The van der Waals surface area contributed by atoms with Gasteiger partial charge in [-0.3, -0.25) is 4.79 Å². The maximum Gasteiger partial charge on any atom is 0.410 e. The van der Waals surface area contributed by atoms with Crippen LogP contribution in [0.5, 0.6) is 0 Å². The summed E-state index contributed by atoms with van der Waals surface area (Å²) in [5.41, 5.74) is 0.848. The van der Waals surface area contributed by atoms with Crippen LogP contribution >= 0.6 is 0 Å². The lowest BCUT2D eigenvalue weighted by molar-refractivity contribution is -0.174. The number of carbonyl (C=O) groups excluding carboxylic acids is 1. The van der Waals surface area contributed by atoms with E-state index in [1.54, 1.807) is 11.0 Å². The summed E-state index contributed by atoms with van der Waals surface area (Å²) in [5.74, 6) is 0.178. The number of hydrogen-bond donors (Lipinski definition) is 1. The number of alkyl halides is 3. The van der Waals surface area contributed by atoms with Crippen LogP contribution in [0.15, 0.2) is 24.8 Å². The number of halogens is 3. The van der Waals surface area contributed by atoms with E-state index in [2.05, 4.69) is 20.4 Å². The summed E-state index contributed by atoms with van der Waals surface area (Å²) in [6.45, 7) is 4.33. The van der Waals surface area contributed by atoms with Crippen molar-refractivity contribution in [3.8, 4) is 0 Å². The van der Waals surface area contributed by atoms with E-state index in [1.165, 1.54) is 18.7 Å². The van der Waals surface area contributed by atoms with Gasteiger partial charge in [-0.25, -0.2) is 14.6 Å². The normalized spacial score (nSPS) is 24.5. The van der Waals surface area contributed by atoms with Crippen LogP contribution in [0, 0.1) is 5.92 Å². The largest absolute Gasteiger partial charge is 0.410 e. The van der Waals surface area contributed by atoms with Crippen LogP contribution in [0.1, 0.15) is 67.7 Å². The van der Waals surface area contributed by atoms with Gasteiger partial charge in [-0.05, 0) is 31.6 Å². The van der Waals surface area contributed by atoms with E-state index in [-0.39, 0.29) is 30.3 Å². The van der Waals surface area contributed by atoms with E-state index in [9.17, 15) is 18.0 Å². The highest BCUT2D eigenvalue weighted by molar-refractivity contribution is 5.94. The molecule has 1 N–H and O–H groups in total. The predicted octanol–water partition coefficient (Wildman–Crippen LogP) is 3.98. The summed E-state index contributed by atoms with van der Waals surface area (Å²) < 4.78 is 42.4. The summed E-state index contributed by atoms with van der Waals surface area (Å²) in [6.07, 6.45) is 2.17. The van der Waals surface area contributed by atoms with Crippen LogP contribution in [0.4, 0.5) is 19.0 Å². The molecule has 0 saturated carbocycles. The zero-order valence-electron chi connectivity index (χ0n) is 16.9. The molecule has 2 aliphatic rings. The summed E-state index contributed by atoms with van der Waals surface area (Å²) >= 11 is 0. The standard InChI is InChI=1S/C20H25F3N6O/c1-12(2)14-7-17(20(21,22)23)29-18(26-14)8-15(27-29)16-5-3-4-6-28(16)19(30)13-9-24-11-25-10-13/h8-12,14,16-17,26H,3-7H2,1-2H3/t14-,16+,17+/m0/s1. The van der Waals surface area contributed by atoms with E-state index in [4.69, 9.17) is 0 Å². The van der Waals surface area contributed by atoms with Gasteiger partial charge in [0.05, 0.1) is 17.3 Å². The second kappa shape index (κ2) is 7.88. The van der Waals surface area contributed by atoms with Crippen molar-refractivity contribution in [2.45, 2.75) is 63.8 Å². The van der Waals surface area contributed by atoms with Crippen LogP contribution < -0.4 is 5.32 Å². The minimum absolute atomic E-state index is 0.0489. The van der Waals surface area contributed by atoms with Gasteiger partial charge < -0.3 is 10.2 Å². The van der Waals surface area contributed by atoms with Crippen LogP contribution in [-0.2, 0) is 0 Å². The number of nitrogens with zero attached hydrogens (tertiary/aromatic N) is 5. The first-order valence-electron chi connectivity index (χ1n) is 10.2. The van der Waals surface area contributed by atoms with Crippen molar-refractivity contribution in [2.75, 3.05) is 11.9 Å². The van der Waals surface area contributed by atoms with Gasteiger partial charge in [0.15, 0.2) is 6.04 Å². The zero-order chi connectivity index (χ0) is 21.5. The molecule has 7 nitrogen and oxygen atoms in total. The van der Waals surface area contributed by atoms with Crippen molar-refractivity contribution >= 4 is 11.7 Å². The summed E-state index contributed by atoms with van der Waals surface area (Å²) in [5, 5.41) is 7.56. The van der Waals surface area contributed by atoms with Gasteiger partial charge >= 0.3 is 6.18 Å². The Bertz CT molecular complexity index is 898. The predicted molar refractivity (Wildman–Crippen MR) is 104 cm³/mol. The number of likely N-dealkylation sites (tertiary alicyclic amines) is 1. The lowest BCUT2D eigenvalue weighted by Crippen LogP contribution is -2.41. The molecule has 0 aromatic carbocycles. The molecular weight excluding hydrogens is 397 g/mol. The monoisotopic (exact) mass is 422 g/mol. The Balaban J connectivity index is 1.67. The lowest BCUT2D eigenvalue weighted by Gasteiger charge is -2.35. The van der Waals surface area contributed by atoms with Crippen molar-refractivity contribution < 1.29 is 18.0 Å². The molecule has 0 unspecified atom stereocenters. The molecule has 0 bridgehead atoms. The summed E-state index contributed by atoms with van der Waals surface area (Å²) in [6, 6.07) is -0.674. The first-order chi connectivity index (χ1) is 14.3. The van der Waals surface area contributed by atoms with E-state index in [0.717, 1.165) is 17.5 Å². The molecule has 2 aromatic heterocycles. The third-order valence-corrected chi connectivity index (χ3v) is 5.96. The van der Waals surface area contributed by atoms with Crippen molar-refractivity contribution in [3.63, 3.8) is 0 Å². The van der Waals surface area contributed by atoms with Gasteiger partial charge in [-0.1, -0.05) is 13.8 Å². The van der Waals surface area contributed by atoms with Crippen molar-refractivity contribution in [2.24, 2.45) is 5.92 Å². The number of anilines is 1. The number of hydrogen-bond acceptors (Lipinski definition) is 5. The molecule has 2 aromatic rings. The minimum atomic E-state index is -4.39. The topological polar surface area (TPSA) is 75.9 Å². The van der Waals surface area contributed by atoms with Crippen LogP contribution in [0.3, 0.4) is 0 Å². The van der Waals surface area contributed by atoms with Gasteiger partial charge in [-0.15, -0.1) is 0 Å². The number of nitrogens with one attached hydrogen (secondary N) is 1. The molecule has 1 amide bonds. The number of piperidine rings is 1. The molecule has 2 aliphatic heterocycles. The first-order valence-corrected chi connectivity index (χ1v) is 10.2. The third kappa shape index (κ3) is 3.87. The molecule has 4 rings (SSSR count). The number of aromatic nitrogens is 4. The van der Waals surface area contributed by atoms with Crippen LogP contribution in [0.2, 0.25) is 0 Å². The Hall–Kier alpha value is -2.65. The quantitative estimate of drug-likeness (QED) is 0.810. The Morgan fingerprint density at radius 3 is 2.63 bits per heavy atom. The second-order valence-corrected chi connectivity index (χ2v) is 8.32. The average molecular weight is 422 g/mol. The molecule has 10 heteroatoms. The van der Waals surface area contributed by atoms with Crippen molar-refractivity contribution in [1.82, 2.24) is 24.6 Å². The van der Waals surface area contributed by atoms with E-state index < -0.39 is 12.2 Å². The fraction of sp³-hybridized carbons (Fsp3) is 0.600. The highest BCUT2D eigenvalue weighted by Crippen LogP contribution is 2.42. The Labute approximate surface area is 172 Å². The minimum Gasteiger partial charge on any atom is -0.367 e. The molecule has 1 saturated heterocycles. The maximum absolute atomic E-state index is 13.8. The highest BCUT2D eigenvalue weighted by atomic mass is 19.4. The van der Waals surface area contributed by atoms with E-state index >= 15 is 0 Å². The Morgan fingerprint density at radius 2 is 1.97 bits per heavy atom. The fourth-order valence-corrected chi connectivity index (χ4v) is 4.28. The third-order valence-electron chi connectivity index (χ3n) is 5.96. The second-order valence-electron chi connectivity index (χ2n) is 8.32. The number of fused-ring (bicyclic) bond motifs is 1. The molecule has 30 heavy (non-hydrogen) atoms. The molecule has 0 spiro atoms. The first kappa shape index (κ1) is 20.6. The molecule has 0 radical (unpaired) electrons. The van der Waals surface area contributed by atoms with Gasteiger partial charge in [0.1, 0.15) is 12.1 Å². The smallest absolute Gasteiger partial charge is 0.367 e. The van der Waals surface area contributed by atoms with E-state index in [0.29, 0.717) is 30.0 Å². The highest BCUT2D eigenvalue weighted by Gasteiger charge is 2.47. The van der Waals surface area contributed by atoms with Gasteiger partial charge in [0.2, 0.25) is 0 Å². The number of carbonyl (C=O) groups is 1. The molecule has 4 heterocycles. The molecule has 1 fully saturated rings. The van der Waals surface area contributed by atoms with Crippen molar-refractivity contribution in [3.05, 3.63) is 36.0 Å². The SMILES string of the molecule is CC(C)[C@@H]1C[C@H](C(F)(F)F)n2nc([C@H]3CCCCN3C(=O)c3cncnc3)cc2N1. The van der Waals surface area contributed by atoms with E-state index in [1.807, 2.05) is 13.8 Å². The zero-order valence-corrected chi connectivity index (χ0v) is 16.9. The van der Waals surface area contributed by atoms with Gasteiger partial charge in [0, 0.05) is 31.0 Å². The maximum atomic E-state index is 13.8. The Morgan fingerprint density at radius 1 is 1.23 bits per heavy atom. The van der Waals surface area contributed by atoms with Crippen LogP contribution in [-0.4, -0.2) is 49.3 Å². The molecule has 3 atom stereocenters. The molecule has 162 valence electrons. The fourth-order valence-electron chi connectivity index (χ4n) is 4.28. The van der Waals surface area contributed by atoms with Gasteiger partial charge in [0.25, 0.3) is 5.91 Å². The molecular formula is C20H25F3N6O. The van der Waals surface area contributed by atoms with Crippen LogP contribution in [0.25, 0.3) is 0 Å². The molecule has 0 aliphatic carbocycles. The number of rotatable bonds is 3. The van der Waals surface area contributed by atoms with Crippen molar-refractivity contribution in [1.29, 1.82) is 0 Å². The van der Waals surface area contributed by atoms with Gasteiger partial charge in [-0.2, -0.15) is 18.3 Å². The lowest BCUT2D eigenvalue weighted by atomic mass is 9.94.